The Morgan fingerprint density at radius 1 is 0.795 bits per heavy atom. The molecule has 246 valence electrons. The van der Waals surface area contributed by atoms with Gasteiger partial charge in [0.25, 0.3) is 0 Å². The van der Waals surface area contributed by atoms with E-state index < -0.39 is 55.5 Å². The van der Waals surface area contributed by atoms with E-state index in [2.05, 4.69) is 65.0 Å². The van der Waals surface area contributed by atoms with Gasteiger partial charge in [-0.3, -0.25) is 4.79 Å². The molecule has 0 N–H and O–H groups in total. The third kappa shape index (κ3) is 11.1. The van der Waals surface area contributed by atoms with E-state index in [1.165, 1.54) is 0 Å². The molecule has 11 heteroatoms. The van der Waals surface area contributed by atoms with E-state index in [0.717, 1.165) is 22.4 Å². The summed E-state index contributed by atoms with van der Waals surface area (Å²) in [6, 6.07) is 13.9. The lowest BCUT2D eigenvalue weighted by atomic mass is 9.90. The molecule has 1 heterocycles. The lowest BCUT2D eigenvalue weighted by molar-refractivity contribution is -0.221. The molecule has 1 aliphatic heterocycles. The molecule has 0 amide bonds. The predicted molar refractivity (Wildman–Crippen MR) is 186 cm³/mol. The van der Waals surface area contributed by atoms with E-state index in [1.54, 1.807) is 0 Å². The van der Waals surface area contributed by atoms with Gasteiger partial charge >= 0.3 is 5.97 Å². The summed E-state index contributed by atoms with van der Waals surface area (Å²) < 4.78 is 39.1. The number of carbonyl (C=O) groups excluding carboxylic acids is 1. The molecule has 3 rings (SSSR count). The van der Waals surface area contributed by atoms with Gasteiger partial charge in [0.2, 0.25) is 0 Å². The van der Waals surface area contributed by atoms with Crippen molar-refractivity contribution in [3.63, 3.8) is 0 Å². The number of halogens is 1. The van der Waals surface area contributed by atoms with Gasteiger partial charge in [0.15, 0.2) is 25.0 Å². The first-order chi connectivity index (χ1) is 20.4. The average Bonchev–Trinajstić information content (AvgIpc) is 2.89. The van der Waals surface area contributed by atoms with Crippen LogP contribution in [-0.2, 0) is 27.5 Å². The Balaban J connectivity index is 2.15. The van der Waals surface area contributed by atoms with E-state index in [4.69, 9.17) is 39.1 Å². The highest BCUT2D eigenvalue weighted by molar-refractivity contribution is 6.70. The maximum absolute atomic E-state index is 12.5. The Bertz CT molecular complexity index is 1220. The van der Waals surface area contributed by atoms with Gasteiger partial charge < -0.3 is 27.5 Å². The largest absolute Gasteiger partial charge is 0.494 e. The summed E-state index contributed by atoms with van der Waals surface area (Å²) >= 11 is 6.78. The third-order valence-corrected chi connectivity index (χ3v) is 10.0. The van der Waals surface area contributed by atoms with Gasteiger partial charge in [-0.2, -0.15) is 0 Å². The van der Waals surface area contributed by atoms with Crippen LogP contribution in [-0.4, -0.2) is 68.6 Å². The molecule has 0 unspecified atom stereocenters. The zero-order valence-electron chi connectivity index (χ0n) is 28.5. The van der Waals surface area contributed by atoms with Gasteiger partial charge in [0, 0.05) is 17.0 Å². The highest BCUT2D eigenvalue weighted by Gasteiger charge is 2.52. The molecule has 0 aliphatic carbocycles. The first kappa shape index (κ1) is 37.0. The molecule has 0 saturated carbocycles. The molecular weight excluding hydrogens is 628 g/mol. The first-order valence-corrected chi connectivity index (χ1v) is 26.4. The Morgan fingerprint density at radius 2 is 1.36 bits per heavy atom. The Kier molecular flexibility index (Phi) is 12.9. The SMILES string of the molecule is CCCC(=O)OC[C@H]1O[C@H](c2ccc(Cl)c(-c3ccc(OCC)cc3)c2)[C@H](O[Si](C)(C)C)[C@@H](O[Si](C)(C)C)[C@@H]1O[Si](C)(C)C. The van der Waals surface area contributed by atoms with Crippen LogP contribution in [0.3, 0.4) is 0 Å². The van der Waals surface area contributed by atoms with Crippen molar-refractivity contribution in [1.29, 1.82) is 0 Å². The van der Waals surface area contributed by atoms with Crippen molar-refractivity contribution in [1.82, 2.24) is 0 Å². The summed E-state index contributed by atoms with van der Waals surface area (Å²) in [5.74, 6) is 0.565. The van der Waals surface area contributed by atoms with E-state index in [0.29, 0.717) is 24.5 Å². The number of rotatable bonds is 14. The lowest BCUT2D eigenvalue weighted by Gasteiger charge is -2.51. The summed E-state index contributed by atoms with van der Waals surface area (Å²) in [5.41, 5.74) is 2.78. The van der Waals surface area contributed by atoms with Crippen LogP contribution in [0, 0.1) is 0 Å². The van der Waals surface area contributed by atoms with Crippen LogP contribution in [0.5, 0.6) is 5.75 Å². The lowest BCUT2D eigenvalue weighted by Crippen LogP contribution is -2.63. The van der Waals surface area contributed by atoms with Crippen LogP contribution >= 0.6 is 11.6 Å². The van der Waals surface area contributed by atoms with Crippen molar-refractivity contribution in [3.05, 3.63) is 53.1 Å². The summed E-state index contributed by atoms with van der Waals surface area (Å²) in [6.45, 7) is 24.1. The van der Waals surface area contributed by atoms with Gasteiger partial charge in [-0.05, 0) is 108 Å². The van der Waals surface area contributed by atoms with Crippen molar-refractivity contribution in [2.24, 2.45) is 0 Å². The molecule has 1 aliphatic rings. The maximum Gasteiger partial charge on any atom is 0.305 e. The van der Waals surface area contributed by atoms with E-state index in [1.807, 2.05) is 50.2 Å². The number of hydrogen-bond acceptors (Lipinski definition) is 7. The minimum Gasteiger partial charge on any atom is -0.494 e. The quantitative estimate of drug-likeness (QED) is 0.146. The molecule has 2 aromatic carbocycles. The highest BCUT2D eigenvalue weighted by atomic mass is 35.5. The minimum atomic E-state index is -2.11. The van der Waals surface area contributed by atoms with Crippen LogP contribution in [0.1, 0.15) is 38.4 Å². The fraction of sp³-hybridized carbons (Fsp3) is 0.606. The van der Waals surface area contributed by atoms with Crippen molar-refractivity contribution < 1.29 is 32.3 Å². The van der Waals surface area contributed by atoms with Crippen LogP contribution in [0.4, 0.5) is 0 Å². The van der Waals surface area contributed by atoms with E-state index >= 15 is 0 Å². The van der Waals surface area contributed by atoms with Gasteiger partial charge in [-0.15, -0.1) is 0 Å². The molecule has 2 aromatic rings. The molecule has 1 saturated heterocycles. The van der Waals surface area contributed by atoms with Crippen molar-refractivity contribution in [2.75, 3.05) is 13.2 Å². The minimum absolute atomic E-state index is 0.0784. The third-order valence-electron chi connectivity index (χ3n) is 6.76. The maximum atomic E-state index is 12.5. The van der Waals surface area contributed by atoms with Crippen LogP contribution in [0.25, 0.3) is 11.1 Å². The fourth-order valence-electron chi connectivity index (χ4n) is 5.24. The molecule has 0 bridgehead atoms. The predicted octanol–water partition coefficient (Wildman–Crippen LogP) is 8.85. The molecule has 0 aromatic heterocycles. The number of benzene rings is 2. The molecule has 44 heavy (non-hydrogen) atoms. The second-order valence-corrected chi connectivity index (χ2v) is 28.1. The zero-order valence-corrected chi connectivity index (χ0v) is 32.2. The smallest absolute Gasteiger partial charge is 0.305 e. The molecule has 5 atom stereocenters. The van der Waals surface area contributed by atoms with Crippen LogP contribution in [0.2, 0.25) is 63.9 Å². The number of carbonyl (C=O) groups is 1. The normalized spacial score (nSPS) is 23.0. The van der Waals surface area contributed by atoms with Gasteiger partial charge in [0.1, 0.15) is 42.9 Å². The number of esters is 1. The van der Waals surface area contributed by atoms with E-state index in [-0.39, 0.29) is 12.6 Å². The van der Waals surface area contributed by atoms with Crippen molar-refractivity contribution in [3.8, 4) is 16.9 Å². The summed E-state index contributed by atoms with van der Waals surface area (Å²) in [5, 5.41) is 0.635. The van der Waals surface area contributed by atoms with Crippen molar-refractivity contribution >= 4 is 42.5 Å². The van der Waals surface area contributed by atoms with Gasteiger partial charge in [-0.25, -0.2) is 0 Å². The summed E-state index contributed by atoms with van der Waals surface area (Å²) in [7, 11) is -6.31. The molecule has 0 radical (unpaired) electrons. The zero-order chi connectivity index (χ0) is 32.9. The second-order valence-electron chi connectivity index (χ2n) is 14.3. The Morgan fingerprint density at radius 3 is 1.91 bits per heavy atom. The molecule has 1 fully saturated rings. The Labute approximate surface area is 273 Å². The molecular formula is C33H53ClO7Si3. The molecule has 0 spiro atoms. The first-order valence-electron chi connectivity index (χ1n) is 15.8. The second kappa shape index (κ2) is 15.4. The average molecular weight is 681 g/mol. The summed E-state index contributed by atoms with van der Waals surface area (Å²) in [6.07, 6.45) is -1.29. The van der Waals surface area contributed by atoms with Crippen LogP contribution in [0.15, 0.2) is 42.5 Å². The number of hydrogen-bond donors (Lipinski definition) is 0. The molecule has 7 nitrogen and oxygen atoms in total. The van der Waals surface area contributed by atoms with Crippen molar-refractivity contribution in [2.45, 2.75) is 116 Å². The Hall–Kier alpha value is -1.51. The summed E-state index contributed by atoms with van der Waals surface area (Å²) in [4.78, 5) is 12.5. The van der Waals surface area contributed by atoms with Gasteiger partial charge in [0.05, 0.1) is 6.61 Å². The monoisotopic (exact) mass is 680 g/mol. The van der Waals surface area contributed by atoms with E-state index in [9.17, 15) is 4.79 Å². The standard InChI is InChI=1S/C33H53ClO7Si3/c1-12-14-29(35)37-22-28-31(39-42(3,4)5)33(41-44(9,10)11)32(40-43(6,7)8)30(38-28)24-17-20-27(34)26(21-24)23-15-18-25(19-16-23)36-13-2/h15-21,28,30-33H,12-14,22H2,1-11H3/t28-,30-,31-,32+,33+/m1/s1. The topological polar surface area (TPSA) is 72.5 Å². The van der Waals surface area contributed by atoms with Crippen LogP contribution < -0.4 is 4.74 Å². The number of ether oxygens (including phenoxy) is 3. The highest BCUT2D eigenvalue weighted by Crippen LogP contribution is 2.42. The fourth-order valence-corrected chi connectivity index (χ4v) is 8.72. The van der Waals surface area contributed by atoms with Gasteiger partial charge in [-0.1, -0.05) is 36.7 Å².